The normalized spacial score (nSPS) is 13.3. The van der Waals surface area contributed by atoms with Crippen LogP contribution in [0.1, 0.15) is 12.8 Å². The first-order valence-electron chi connectivity index (χ1n) is 4.84. The number of benzene rings is 1. The monoisotopic (exact) mass is 223 g/mol. The summed E-state index contributed by atoms with van der Waals surface area (Å²) < 4.78 is 5.38. The lowest BCUT2D eigenvalue weighted by molar-refractivity contribution is 0.300. The fourth-order valence-corrected chi connectivity index (χ4v) is 2.23. The van der Waals surface area contributed by atoms with Crippen LogP contribution in [0.2, 0.25) is 0 Å². The van der Waals surface area contributed by atoms with Gasteiger partial charge in [-0.3, -0.25) is 0 Å². The highest BCUT2D eigenvalue weighted by Gasteiger charge is 2.06. The first kappa shape index (κ1) is 10.5. The first-order chi connectivity index (χ1) is 7.19. The molecule has 0 radical (unpaired) electrons. The predicted octanol–water partition coefficient (Wildman–Crippen LogP) is 2.61. The van der Waals surface area contributed by atoms with Gasteiger partial charge in [-0.1, -0.05) is 6.92 Å². The lowest BCUT2D eigenvalue weighted by atomic mass is 10.3. The summed E-state index contributed by atoms with van der Waals surface area (Å²) in [6, 6.07) is 5.90. The summed E-state index contributed by atoms with van der Waals surface area (Å²) in [5.41, 5.74) is 1.69. The second kappa shape index (κ2) is 4.24. The van der Waals surface area contributed by atoms with Gasteiger partial charge in [-0.25, -0.2) is 4.98 Å². The van der Waals surface area contributed by atoms with Gasteiger partial charge in [0.25, 0.3) is 0 Å². The Kier molecular flexibility index (Phi) is 2.98. The first-order valence-corrected chi connectivity index (χ1v) is 5.71. The van der Waals surface area contributed by atoms with Crippen LogP contribution in [0.15, 0.2) is 27.5 Å². The molecule has 80 valence electrons. The molecule has 0 aliphatic carbocycles. The number of thioether (sulfide) groups is 1. The number of nitrogens with zero attached hydrogens (tertiary/aromatic N) is 1. The van der Waals surface area contributed by atoms with Crippen molar-refractivity contribution in [3.8, 4) is 0 Å². The Labute approximate surface area is 92.5 Å². The summed E-state index contributed by atoms with van der Waals surface area (Å²) in [4.78, 5) is 5.37. The molecule has 1 aromatic heterocycles. The SMILES string of the molecule is Cc1nc2cc(SC(C)CO)ccc2o1. The van der Waals surface area contributed by atoms with E-state index in [4.69, 9.17) is 9.52 Å². The van der Waals surface area contributed by atoms with Gasteiger partial charge < -0.3 is 9.52 Å². The third-order valence-electron chi connectivity index (χ3n) is 2.06. The van der Waals surface area contributed by atoms with Gasteiger partial charge in [-0.15, -0.1) is 11.8 Å². The molecule has 0 spiro atoms. The number of aryl methyl sites for hydroxylation is 1. The summed E-state index contributed by atoms with van der Waals surface area (Å²) >= 11 is 1.64. The highest BCUT2D eigenvalue weighted by atomic mass is 32.2. The molecule has 1 unspecified atom stereocenters. The van der Waals surface area contributed by atoms with E-state index in [-0.39, 0.29) is 11.9 Å². The maximum Gasteiger partial charge on any atom is 0.192 e. The van der Waals surface area contributed by atoms with Gasteiger partial charge in [0.1, 0.15) is 5.52 Å². The molecule has 2 aromatic rings. The van der Waals surface area contributed by atoms with Crippen molar-refractivity contribution in [2.24, 2.45) is 0 Å². The van der Waals surface area contributed by atoms with E-state index in [0.717, 1.165) is 16.0 Å². The van der Waals surface area contributed by atoms with Crippen LogP contribution in [0.3, 0.4) is 0 Å². The van der Waals surface area contributed by atoms with Gasteiger partial charge in [0.05, 0.1) is 6.61 Å². The van der Waals surface area contributed by atoms with Crippen LogP contribution in [-0.4, -0.2) is 21.9 Å². The van der Waals surface area contributed by atoms with Crippen molar-refractivity contribution in [3.05, 3.63) is 24.1 Å². The molecular formula is C11H13NO2S. The van der Waals surface area contributed by atoms with Gasteiger partial charge in [0.2, 0.25) is 0 Å². The van der Waals surface area contributed by atoms with E-state index in [1.54, 1.807) is 11.8 Å². The zero-order chi connectivity index (χ0) is 10.8. The van der Waals surface area contributed by atoms with Crippen LogP contribution in [-0.2, 0) is 0 Å². The fourth-order valence-electron chi connectivity index (χ4n) is 1.37. The molecule has 1 heterocycles. The summed E-state index contributed by atoms with van der Waals surface area (Å²) in [7, 11) is 0. The molecule has 0 fully saturated rings. The van der Waals surface area contributed by atoms with Crippen LogP contribution in [0, 0.1) is 6.92 Å². The van der Waals surface area contributed by atoms with Crippen LogP contribution in [0.4, 0.5) is 0 Å². The second-order valence-electron chi connectivity index (χ2n) is 3.47. The van der Waals surface area contributed by atoms with Crippen molar-refractivity contribution in [1.82, 2.24) is 4.98 Å². The maximum absolute atomic E-state index is 8.96. The molecule has 3 nitrogen and oxygen atoms in total. The zero-order valence-corrected chi connectivity index (χ0v) is 9.54. The highest BCUT2D eigenvalue weighted by Crippen LogP contribution is 2.26. The van der Waals surface area contributed by atoms with E-state index in [1.807, 2.05) is 32.0 Å². The van der Waals surface area contributed by atoms with Gasteiger partial charge in [-0.2, -0.15) is 0 Å². The Balaban J connectivity index is 2.30. The van der Waals surface area contributed by atoms with E-state index >= 15 is 0 Å². The van der Waals surface area contributed by atoms with E-state index in [1.165, 1.54) is 0 Å². The fraction of sp³-hybridized carbons (Fsp3) is 0.364. The third-order valence-corrected chi connectivity index (χ3v) is 3.14. The molecule has 2 rings (SSSR count). The Hall–Kier alpha value is -1.00. The highest BCUT2D eigenvalue weighted by molar-refractivity contribution is 8.00. The van der Waals surface area contributed by atoms with Crippen molar-refractivity contribution in [2.75, 3.05) is 6.61 Å². The van der Waals surface area contributed by atoms with Gasteiger partial charge >= 0.3 is 0 Å². The Morgan fingerprint density at radius 1 is 1.53 bits per heavy atom. The maximum atomic E-state index is 8.96. The quantitative estimate of drug-likeness (QED) is 0.812. The number of rotatable bonds is 3. The Bertz CT molecular complexity index is 467. The molecule has 0 aliphatic heterocycles. The number of hydrogen-bond acceptors (Lipinski definition) is 4. The molecule has 0 bridgehead atoms. The molecule has 0 amide bonds. The molecule has 1 N–H and O–H groups in total. The molecular weight excluding hydrogens is 210 g/mol. The van der Waals surface area contributed by atoms with Crippen molar-refractivity contribution >= 4 is 22.9 Å². The van der Waals surface area contributed by atoms with E-state index in [9.17, 15) is 0 Å². The molecule has 1 atom stereocenters. The van der Waals surface area contributed by atoms with Crippen molar-refractivity contribution in [2.45, 2.75) is 24.0 Å². The van der Waals surface area contributed by atoms with Gasteiger partial charge in [-0.05, 0) is 18.2 Å². The number of hydrogen-bond donors (Lipinski definition) is 1. The van der Waals surface area contributed by atoms with E-state index in [2.05, 4.69) is 4.98 Å². The van der Waals surface area contributed by atoms with Crippen LogP contribution in [0.5, 0.6) is 0 Å². The Morgan fingerprint density at radius 2 is 2.33 bits per heavy atom. The van der Waals surface area contributed by atoms with E-state index < -0.39 is 0 Å². The summed E-state index contributed by atoms with van der Waals surface area (Å²) in [6.45, 7) is 4.01. The predicted molar refractivity (Wildman–Crippen MR) is 61.2 cm³/mol. The standard InChI is InChI=1S/C11H13NO2S/c1-7(6-13)15-9-3-4-11-10(5-9)12-8(2)14-11/h3-5,7,13H,6H2,1-2H3. The minimum absolute atomic E-state index is 0.181. The summed E-state index contributed by atoms with van der Waals surface area (Å²) in [5.74, 6) is 0.683. The van der Waals surface area contributed by atoms with Crippen molar-refractivity contribution < 1.29 is 9.52 Å². The molecule has 0 aliphatic rings. The lowest BCUT2D eigenvalue weighted by Gasteiger charge is -2.06. The van der Waals surface area contributed by atoms with E-state index in [0.29, 0.717) is 5.89 Å². The minimum Gasteiger partial charge on any atom is -0.441 e. The number of fused-ring (bicyclic) bond motifs is 1. The Morgan fingerprint density at radius 3 is 3.07 bits per heavy atom. The second-order valence-corrected chi connectivity index (χ2v) is 4.99. The van der Waals surface area contributed by atoms with Crippen LogP contribution < -0.4 is 0 Å². The van der Waals surface area contributed by atoms with Crippen molar-refractivity contribution in [3.63, 3.8) is 0 Å². The summed E-state index contributed by atoms with van der Waals surface area (Å²) in [6.07, 6.45) is 0. The largest absolute Gasteiger partial charge is 0.441 e. The van der Waals surface area contributed by atoms with Crippen LogP contribution >= 0.6 is 11.8 Å². The third kappa shape index (κ3) is 2.33. The smallest absolute Gasteiger partial charge is 0.192 e. The van der Waals surface area contributed by atoms with Gasteiger partial charge in [0.15, 0.2) is 11.5 Å². The number of aromatic nitrogens is 1. The number of oxazole rings is 1. The average Bonchev–Trinajstić information content (AvgIpc) is 2.57. The number of aliphatic hydroxyl groups is 1. The minimum atomic E-state index is 0.181. The zero-order valence-electron chi connectivity index (χ0n) is 8.73. The molecule has 0 saturated carbocycles. The molecule has 0 saturated heterocycles. The molecule has 15 heavy (non-hydrogen) atoms. The summed E-state index contributed by atoms with van der Waals surface area (Å²) in [5, 5.41) is 9.16. The van der Waals surface area contributed by atoms with Gasteiger partial charge in [0, 0.05) is 17.1 Å². The molecule has 4 heteroatoms. The topological polar surface area (TPSA) is 46.3 Å². The van der Waals surface area contributed by atoms with Crippen molar-refractivity contribution in [1.29, 1.82) is 0 Å². The van der Waals surface area contributed by atoms with Crippen LogP contribution in [0.25, 0.3) is 11.1 Å². The molecule has 1 aromatic carbocycles. The number of aliphatic hydroxyl groups excluding tert-OH is 1. The average molecular weight is 223 g/mol. The lowest BCUT2D eigenvalue weighted by Crippen LogP contribution is -2.01.